The van der Waals surface area contributed by atoms with Gasteiger partial charge in [0.2, 0.25) is 5.95 Å². The van der Waals surface area contributed by atoms with Crippen LogP contribution >= 0.6 is 11.8 Å². The summed E-state index contributed by atoms with van der Waals surface area (Å²) >= 11 is 0.848. The number of rotatable bonds is 8. The fraction of sp³-hybridized carbons (Fsp3) is 0.321. The Labute approximate surface area is 238 Å². The summed E-state index contributed by atoms with van der Waals surface area (Å²) in [6.07, 6.45) is 0.269. The highest BCUT2D eigenvalue weighted by Crippen LogP contribution is 2.33. The van der Waals surface area contributed by atoms with Gasteiger partial charge in [0.1, 0.15) is 5.75 Å². The number of nitrogens with one attached hydrogen (secondary N) is 2. The van der Waals surface area contributed by atoms with E-state index in [-0.39, 0.29) is 11.3 Å². The summed E-state index contributed by atoms with van der Waals surface area (Å²) in [6.45, 7) is 4.66. The average Bonchev–Trinajstić information content (AvgIpc) is 3.24. The number of nitrogens with zero attached hydrogens (tertiary/aromatic N) is 4. The number of alkyl halides is 3. The molecule has 3 aromatic rings. The Kier molecular flexibility index (Phi) is 8.54. The van der Waals surface area contributed by atoms with Crippen molar-refractivity contribution in [3.05, 3.63) is 70.5 Å². The van der Waals surface area contributed by atoms with Crippen LogP contribution < -0.4 is 20.3 Å². The molecule has 2 aliphatic heterocycles. The Morgan fingerprint density at radius 2 is 1.93 bits per heavy atom. The van der Waals surface area contributed by atoms with E-state index in [9.17, 15) is 22.8 Å². The molecule has 0 radical (unpaired) electrons. The number of benzene rings is 1. The van der Waals surface area contributed by atoms with Crippen LogP contribution in [-0.2, 0) is 11.3 Å². The van der Waals surface area contributed by atoms with Crippen molar-refractivity contribution in [1.82, 2.24) is 25.6 Å². The molecule has 2 aromatic heterocycles. The van der Waals surface area contributed by atoms with Crippen molar-refractivity contribution in [3.8, 4) is 17.0 Å². The monoisotopic (exact) mass is 584 g/mol. The maximum Gasteiger partial charge on any atom is 0.573 e. The lowest BCUT2D eigenvalue weighted by molar-refractivity contribution is -0.274. The van der Waals surface area contributed by atoms with Gasteiger partial charge in [-0.05, 0) is 86.0 Å². The van der Waals surface area contributed by atoms with Crippen molar-refractivity contribution in [2.45, 2.75) is 32.7 Å². The second-order valence-electron chi connectivity index (χ2n) is 9.76. The Balaban J connectivity index is 1.15. The second kappa shape index (κ2) is 12.3. The number of carbonyl (C=O) groups excluding carboxylic acids is 2. The third-order valence-corrected chi connectivity index (χ3v) is 7.44. The van der Waals surface area contributed by atoms with Gasteiger partial charge in [-0.2, -0.15) is 0 Å². The van der Waals surface area contributed by atoms with Gasteiger partial charge in [-0.25, -0.2) is 9.97 Å². The van der Waals surface area contributed by atoms with Crippen LogP contribution in [0.5, 0.6) is 5.75 Å². The van der Waals surface area contributed by atoms with E-state index < -0.39 is 17.5 Å². The lowest BCUT2D eigenvalue weighted by Gasteiger charge is -2.32. The number of hydrogen-bond acceptors (Lipinski definition) is 9. The SMILES string of the molecule is Cc1cc(CNCC2CCN(c3nccc(/C=C4\SC(=O)NC4=O)n3)CC2)nc(-c2ccccc2OC(F)(F)F)c1. The summed E-state index contributed by atoms with van der Waals surface area (Å²) < 4.78 is 42.9. The van der Waals surface area contributed by atoms with Gasteiger partial charge in [0.25, 0.3) is 11.1 Å². The van der Waals surface area contributed by atoms with Crippen LogP contribution in [0.3, 0.4) is 0 Å². The molecule has 214 valence electrons. The Bertz CT molecular complexity index is 1470. The first-order chi connectivity index (χ1) is 19.6. The predicted molar refractivity (Wildman–Crippen MR) is 149 cm³/mol. The summed E-state index contributed by atoms with van der Waals surface area (Å²) in [7, 11) is 0. The molecule has 2 fully saturated rings. The van der Waals surface area contributed by atoms with Crippen LogP contribution in [0.1, 0.15) is 29.8 Å². The minimum absolute atomic E-state index is 0.281. The molecule has 2 N–H and O–H groups in total. The quantitative estimate of drug-likeness (QED) is 0.351. The molecule has 9 nitrogen and oxygen atoms in total. The van der Waals surface area contributed by atoms with Crippen LogP contribution in [0, 0.1) is 12.8 Å². The summed E-state index contributed by atoms with van der Waals surface area (Å²) in [6, 6.07) is 11.3. The van der Waals surface area contributed by atoms with E-state index in [2.05, 4.69) is 35.2 Å². The van der Waals surface area contributed by atoms with Crippen LogP contribution in [0.15, 0.2) is 53.6 Å². The normalized spacial score (nSPS) is 17.3. The molecule has 2 aliphatic rings. The van der Waals surface area contributed by atoms with Crippen LogP contribution in [0.4, 0.5) is 23.9 Å². The predicted octanol–water partition coefficient (Wildman–Crippen LogP) is 5.08. The number of piperidine rings is 1. The molecule has 1 aromatic carbocycles. The Hall–Kier alpha value is -3.97. The maximum absolute atomic E-state index is 12.9. The standard InChI is InChI=1S/C28H27F3N6O3S/c1-17-12-20(34-22(13-17)21-4-2-3-5-23(21)40-28(29,30)31)16-32-15-18-7-10-37(11-8-18)26-33-9-6-19(35-26)14-24-25(38)36-27(39)41-24/h2-6,9,12-14,18,32H,7-8,10-11,15-16H2,1H3,(H,36,38,39)/b24-14-. The largest absolute Gasteiger partial charge is 0.573 e. The van der Waals surface area contributed by atoms with E-state index in [1.165, 1.54) is 12.1 Å². The first kappa shape index (κ1) is 28.6. The van der Waals surface area contributed by atoms with Crippen molar-refractivity contribution in [1.29, 1.82) is 0 Å². The van der Waals surface area contributed by atoms with Crippen LogP contribution in [0.25, 0.3) is 17.3 Å². The molecule has 0 saturated carbocycles. The van der Waals surface area contributed by atoms with E-state index in [1.807, 2.05) is 13.0 Å². The van der Waals surface area contributed by atoms with Gasteiger partial charge in [-0.3, -0.25) is 19.9 Å². The van der Waals surface area contributed by atoms with E-state index >= 15 is 0 Å². The topological polar surface area (TPSA) is 109 Å². The molecule has 5 rings (SSSR count). The molecule has 2 saturated heterocycles. The van der Waals surface area contributed by atoms with Gasteiger partial charge in [-0.15, -0.1) is 13.2 Å². The van der Waals surface area contributed by atoms with Gasteiger partial charge < -0.3 is 15.0 Å². The van der Waals surface area contributed by atoms with Crippen LogP contribution in [0.2, 0.25) is 0 Å². The van der Waals surface area contributed by atoms with Crippen molar-refractivity contribution in [2.24, 2.45) is 5.92 Å². The molecule has 0 aliphatic carbocycles. The lowest BCUT2D eigenvalue weighted by Crippen LogP contribution is -2.38. The van der Waals surface area contributed by atoms with E-state index in [1.54, 1.807) is 36.5 Å². The number of para-hydroxylation sites is 1. The van der Waals surface area contributed by atoms with Gasteiger partial charge in [0.15, 0.2) is 0 Å². The fourth-order valence-electron chi connectivity index (χ4n) is 4.75. The minimum atomic E-state index is -4.79. The summed E-state index contributed by atoms with van der Waals surface area (Å²) in [5.74, 6) is 0.289. The van der Waals surface area contributed by atoms with E-state index in [0.29, 0.717) is 34.7 Å². The number of imide groups is 1. The summed E-state index contributed by atoms with van der Waals surface area (Å²) in [5.41, 5.74) is 2.88. The molecule has 0 bridgehead atoms. The number of amides is 2. The highest BCUT2D eigenvalue weighted by atomic mass is 32.2. The number of aryl methyl sites for hydroxylation is 1. The van der Waals surface area contributed by atoms with Crippen LogP contribution in [-0.4, -0.2) is 52.1 Å². The molecule has 0 atom stereocenters. The van der Waals surface area contributed by atoms with Crippen molar-refractivity contribution in [2.75, 3.05) is 24.5 Å². The minimum Gasteiger partial charge on any atom is -0.405 e. The summed E-state index contributed by atoms with van der Waals surface area (Å²) in [4.78, 5) is 39.2. The zero-order valence-electron chi connectivity index (χ0n) is 22.1. The van der Waals surface area contributed by atoms with Gasteiger partial charge in [-0.1, -0.05) is 12.1 Å². The maximum atomic E-state index is 12.9. The molecule has 41 heavy (non-hydrogen) atoms. The molecule has 13 heteroatoms. The smallest absolute Gasteiger partial charge is 0.405 e. The van der Waals surface area contributed by atoms with Crippen molar-refractivity contribution < 1.29 is 27.5 Å². The number of ether oxygens (including phenoxy) is 1. The third-order valence-electron chi connectivity index (χ3n) is 6.63. The second-order valence-corrected chi connectivity index (χ2v) is 10.8. The number of hydrogen-bond donors (Lipinski definition) is 2. The molecule has 0 unspecified atom stereocenters. The molecular formula is C28H27F3N6O3S. The first-order valence-corrected chi connectivity index (χ1v) is 13.8. The number of carbonyl (C=O) groups is 2. The zero-order chi connectivity index (χ0) is 29.0. The third kappa shape index (κ3) is 7.61. The highest BCUT2D eigenvalue weighted by molar-refractivity contribution is 8.18. The van der Waals surface area contributed by atoms with Crippen molar-refractivity contribution in [3.63, 3.8) is 0 Å². The van der Waals surface area contributed by atoms with Crippen molar-refractivity contribution >= 4 is 34.9 Å². The van der Waals surface area contributed by atoms with Gasteiger partial charge in [0.05, 0.1) is 22.0 Å². The Morgan fingerprint density at radius 3 is 2.66 bits per heavy atom. The number of aromatic nitrogens is 3. The van der Waals surface area contributed by atoms with E-state index in [0.717, 1.165) is 55.5 Å². The fourth-order valence-corrected chi connectivity index (χ4v) is 5.42. The molecule has 4 heterocycles. The molecule has 2 amide bonds. The Morgan fingerprint density at radius 1 is 1.15 bits per heavy atom. The van der Waals surface area contributed by atoms with Gasteiger partial charge in [0, 0.05) is 31.4 Å². The molecule has 0 spiro atoms. The first-order valence-electron chi connectivity index (χ1n) is 13.0. The summed E-state index contributed by atoms with van der Waals surface area (Å²) in [5, 5.41) is 5.28. The average molecular weight is 585 g/mol. The molecular weight excluding hydrogens is 557 g/mol. The number of halogens is 3. The number of thioether (sulfide) groups is 1. The highest BCUT2D eigenvalue weighted by Gasteiger charge is 2.32. The number of pyridine rings is 1. The zero-order valence-corrected chi connectivity index (χ0v) is 22.9. The number of anilines is 1. The lowest BCUT2D eigenvalue weighted by atomic mass is 9.97. The van der Waals surface area contributed by atoms with E-state index in [4.69, 9.17) is 0 Å². The van der Waals surface area contributed by atoms with Gasteiger partial charge >= 0.3 is 6.36 Å².